The fourth-order valence-electron chi connectivity index (χ4n) is 3.69. The fraction of sp³-hybridized carbons (Fsp3) is 0.333. The first-order valence-electron chi connectivity index (χ1n) is 9.37. The van der Waals surface area contributed by atoms with E-state index in [2.05, 4.69) is 15.6 Å². The zero-order chi connectivity index (χ0) is 18.6. The molecule has 1 aliphatic heterocycles. The first-order chi connectivity index (χ1) is 13.2. The van der Waals surface area contributed by atoms with Crippen LogP contribution in [0.4, 0.5) is 4.39 Å². The molecule has 3 aromatic rings. The third-order valence-electron chi connectivity index (χ3n) is 5.11. The SMILES string of the molecule is O=C(CC1CCCN1)NC(Cn1cnc2ccccc21)c1ccc(F)cc1. The van der Waals surface area contributed by atoms with Crippen molar-refractivity contribution in [2.24, 2.45) is 0 Å². The Morgan fingerprint density at radius 3 is 2.85 bits per heavy atom. The minimum absolute atomic E-state index is 0.00754. The van der Waals surface area contributed by atoms with E-state index in [-0.39, 0.29) is 23.8 Å². The highest BCUT2D eigenvalue weighted by Gasteiger charge is 2.21. The molecule has 6 heteroatoms. The minimum Gasteiger partial charge on any atom is -0.347 e. The molecule has 1 saturated heterocycles. The molecule has 2 atom stereocenters. The highest BCUT2D eigenvalue weighted by molar-refractivity contribution is 5.77. The summed E-state index contributed by atoms with van der Waals surface area (Å²) in [5.74, 6) is -0.278. The standard InChI is InChI=1S/C21H23FN4O/c22-16-9-7-15(8-10-16)19(25-21(27)12-17-4-3-11-23-17)13-26-14-24-18-5-1-2-6-20(18)26/h1-2,5-10,14,17,19,23H,3-4,11-13H2,(H,25,27). The number of para-hydroxylation sites is 2. The number of aromatic nitrogens is 2. The zero-order valence-electron chi connectivity index (χ0n) is 15.1. The van der Waals surface area contributed by atoms with Crippen LogP contribution in [-0.4, -0.2) is 28.0 Å². The molecule has 1 aliphatic rings. The second-order valence-electron chi connectivity index (χ2n) is 7.05. The molecule has 2 aromatic carbocycles. The van der Waals surface area contributed by atoms with Gasteiger partial charge in [0.2, 0.25) is 5.91 Å². The predicted octanol–water partition coefficient (Wildman–Crippen LogP) is 3.18. The molecule has 140 valence electrons. The lowest BCUT2D eigenvalue weighted by atomic mass is 10.1. The summed E-state index contributed by atoms with van der Waals surface area (Å²) in [6, 6.07) is 14.2. The lowest BCUT2D eigenvalue weighted by molar-refractivity contribution is -0.122. The Bertz CT molecular complexity index is 915. The Labute approximate surface area is 157 Å². The van der Waals surface area contributed by atoms with Crippen LogP contribution in [0.25, 0.3) is 11.0 Å². The van der Waals surface area contributed by atoms with Crippen LogP contribution in [0, 0.1) is 5.82 Å². The number of carbonyl (C=O) groups is 1. The molecule has 27 heavy (non-hydrogen) atoms. The largest absolute Gasteiger partial charge is 0.347 e. The van der Waals surface area contributed by atoms with Crippen LogP contribution in [0.5, 0.6) is 0 Å². The Hall–Kier alpha value is -2.73. The highest BCUT2D eigenvalue weighted by atomic mass is 19.1. The van der Waals surface area contributed by atoms with Crippen molar-refractivity contribution < 1.29 is 9.18 Å². The summed E-state index contributed by atoms with van der Waals surface area (Å²) in [7, 11) is 0. The van der Waals surface area contributed by atoms with Gasteiger partial charge in [-0.15, -0.1) is 0 Å². The van der Waals surface area contributed by atoms with Crippen molar-refractivity contribution in [3.05, 3.63) is 66.2 Å². The Morgan fingerprint density at radius 1 is 1.26 bits per heavy atom. The number of amides is 1. The number of imidazole rings is 1. The number of nitrogens with zero attached hydrogens (tertiary/aromatic N) is 2. The smallest absolute Gasteiger partial charge is 0.222 e. The lowest BCUT2D eigenvalue weighted by Gasteiger charge is -2.21. The summed E-state index contributed by atoms with van der Waals surface area (Å²) >= 11 is 0. The van der Waals surface area contributed by atoms with Crippen LogP contribution in [-0.2, 0) is 11.3 Å². The van der Waals surface area contributed by atoms with Gasteiger partial charge in [0.1, 0.15) is 5.82 Å². The number of rotatable bonds is 6. The van der Waals surface area contributed by atoms with Crippen molar-refractivity contribution in [2.45, 2.75) is 37.9 Å². The van der Waals surface area contributed by atoms with E-state index in [4.69, 9.17) is 0 Å². The molecular formula is C21H23FN4O. The number of nitrogens with one attached hydrogen (secondary N) is 2. The number of halogens is 1. The summed E-state index contributed by atoms with van der Waals surface area (Å²) in [4.78, 5) is 17.0. The van der Waals surface area contributed by atoms with Gasteiger partial charge in [-0.2, -0.15) is 0 Å². The Balaban J connectivity index is 1.55. The second kappa shape index (κ2) is 7.88. The molecule has 0 radical (unpaired) electrons. The molecular weight excluding hydrogens is 343 g/mol. The van der Waals surface area contributed by atoms with Gasteiger partial charge in [0.25, 0.3) is 0 Å². The van der Waals surface area contributed by atoms with E-state index in [0.717, 1.165) is 36.0 Å². The maximum absolute atomic E-state index is 13.4. The van der Waals surface area contributed by atoms with E-state index < -0.39 is 0 Å². The summed E-state index contributed by atoms with van der Waals surface area (Å²) in [5, 5.41) is 6.48. The van der Waals surface area contributed by atoms with Gasteiger partial charge >= 0.3 is 0 Å². The van der Waals surface area contributed by atoms with E-state index in [9.17, 15) is 9.18 Å². The van der Waals surface area contributed by atoms with Crippen LogP contribution < -0.4 is 10.6 Å². The zero-order valence-corrected chi connectivity index (χ0v) is 15.1. The Kier molecular flexibility index (Phi) is 5.16. The summed E-state index contributed by atoms with van der Waals surface area (Å²) in [5.41, 5.74) is 2.80. The van der Waals surface area contributed by atoms with Gasteiger partial charge in [0.15, 0.2) is 0 Å². The molecule has 1 amide bonds. The van der Waals surface area contributed by atoms with Crippen molar-refractivity contribution >= 4 is 16.9 Å². The number of hydrogen-bond acceptors (Lipinski definition) is 3. The monoisotopic (exact) mass is 366 g/mol. The number of carbonyl (C=O) groups excluding carboxylic acids is 1. The van der Waals surface area contributed by atoms with Crippen molar-refractivity contribution in [3.63, 3.8) is 0 Å². The lowest BCUT2D eigenvalue weighted by Crippen LogP contribution is -2.35. The topological polar surface area (TPSA) is 59.0 Å². The molecule has 0 aliphatic carbocycles. The molecule has 1 fully saturated rings. The molecule has 0 bridgehead atoms. The number of benzene rings is 2. The van der Waals surface area contributed by atoms with E-state index in [1.807, 2.05) is 28.8 Å². The highest BCUT2D eigenvalue weighted by Crippen LogP contribution is 2.20. The van der Waals surface area contributed by atoms with Crippen LogP contribution in [0.3, 0.4) is 0 Å². The quantitative estimate of drug-likeness (QED) is 0.704. The average Bonchev–Trinajstić information content (AvgIpc) is 3.32. The van der Waals surface area contributed by atoms with Gasteiger partial charge in [0, 0.05) is 19.0 Å². The predicted molar refractivity (Wildman–Crippen MR) is 103 cm³/mol. The molecule has 2 unspecified atom stereocenters. The maximum atomic E-state index is 13.4. The average molecular weight is 366 g/mol. The van der Waals surface area contributed by atoms with Crippen molar-refractivity contribution in [2.75, 3.05) is 6.54 Å². The maximum Gasteiger partial charge on any atom is 0.222 e. The number of fused-ring (bicyclic) bond motifs is 1. The van der Waals surface area contributed by atoms with Crippen LogP contribution in [0.15, 0.2) is 54.9 Å². The van der Waals surface area contributed by atoms with E-state index in [1.165, 1.54) is 12.1 Å². The first kappa shape index (κ1) is 17.7. The Morgan fingerprint density at radius 2 is 2.07 bits per heavy atom. The van der Waals surface area contributed by atoms with Crippen LogP contribution >= 0.6 is 0 Å². The fourth-order valence-corrected chi connectivity index (χ4v) is 3.69. The van der Waals surface area contributed by atoms with E-state index in [1.54, 1.807) is 18.5 Å². The molecule has 0 saturated carbocycles. The number of hydrogen-bond donors (Lipinski definition) is 2. The summed E-state index contributed by atoms with van der Waals surface area (Å²) in [6.07, 6.45) is 4.38. The van der Waals surface area contributed by atoms with E-state index in [0.29, 0.717) is 13.0 Å². The van der Waals surface area contributed by atoms with Gasteiger partial charge in [-0.05, 0) is 49.2 Å². The molecule has 4 rings (SSSR count). The van der Waals surface area contributed by atoms with Gasteiger partial charge in [-0.3, -0.25) is 4.79 Å². The minimum atomic E-state index is -0.285. The summed E-state index contributed by atoms with van der Waals surface area (Å²) < 4.78 is 15.4. The van der Waals surface area contributed by atoms with Gasteiger partial charge in [-0.1, -0.05) is 24.3 Å². The van der Waals surface area contributed by atoms with Crippen LogP contribution in [0.1, 0.15) is 30.9 Å². The molecule has 2 heterocycles. The third kappa shape index (κ3) is 4.17. The van der Waals surface area contributed by atoms with Crippen molar-refractivity contribution in [3.8, 4) is 0 Å². The molecule has 0 spiro atoms. The second-order valence-corrected chi connectivity index (χ2v) is 7.05. The van der Waals surface area contributed by atoms with Crippen molar-refractivity contribution in [1.82, 2.24) is 20.2 Å². The summed E-state index contributed by atoms with van der Waals surface area (Å²) in [6.45, 7) is 1.51. The van der Waals surface area contributed by atoms with Gasteiger partial charge < -0.3 is 15.2 Å². The normalized spacial score (nSPS) is 17.9. The van der Waals surface area contributed by atoms with E-state index >= 15 is 0 Å². The van der Waals surface area contributed by atoms with Crippen LogP contribution in [0.2, 0.25) is 0 Å². The van der Waals surface area contributed by atoms with Crippen molar-refractivity contribution in [1.29, 1.82) is 0 Å². The molecule has 1 aromatic heterocycles. The van der Waals surface area contributed by atoms with Gasteiger partial charge in [-0.25, -0.2) is 9.37 Å². The first-order valence-corrected chi connectivity index (χ1v) is 9.37. The third-order valence-corrected chi connectivity index (χ3v) is 5.11. The molecule has 2 N–H and O–H groups in total. The molecule has 5 nitrogen and oxygen atoms in total. The van der Waals surface area contributed by atoms with Gasteiger partial charge in [0.05, 0.1) is 23.4 Å².